The van der Waals surface area contributed by atoms with Crippen LogP contribution in [0.25, 0.3) is 10.1 Å². The summed E-state index contributed by atoms with van der Waals surface area (Å²) >= 11 is 7.23. The minimum absolute atomic E-state index is 0.141. The number of esters is 1. The third-order valence-corrected chi connectivity index (χ3v) is 6.20. The lowest BCUT2D eigenvalue weighted by Gasteiger charge is -2.27. The maximum Gasteiger partial charge on any atom is 0.350 e. The van der Waals surface area contributed by atoms with Gasteiger partial charge in [-0.2, -0.15) is 0 Å². The van der Waals surface area contributed by atoms with Crippen LogP contribution in [0.1, 0.15) is 30.4 Å². The maximum atomic E-state index is 13.4. The minimum Gasteiger partial charge on any atom is -0.451 e. The molecule has 5 nitrogen and oxygen atoms in total. The van der Waals surface area contributed by atoms with Crippen LogP contribution in [-0.4, -0.2) is 31.1 Å². The van der Waals surface area contributed by atoms with E-state index in [-0.39, 0.29) is 9.90 Å². The standard InChI is InChI=1S/C22H22ClFN2O3S/c1-4-26(13(2)3)16-8-6-15(7-9-16)25-19(27)12-29-22(28)21-20(23)17-10-5-14(24)11-18(17)30-21/h5-11,13H,4,12H2,1-3H3,(H,25,27). The van der Waals surface area contributed by atoms with Gasteiger partial charge in [0.2, 0.25) is 0 Å². The molecule has 2 aromatic carbocycles. The van der Waals surface area contributed by atoms with Crippen molar-refractivity contribution in [2.45, 2.75) is 26.8 Å². The number of nitrogens with zero attached hydrogens (tertiary/aromatic N) is 1. The SMILES string of the molecule is CCN(c1ccc(NC(=O)COC(=O)c2sc3cc(F)ccc3c2Cl)cc1)C(C)C. The number of anilines is 2. The molecule has 0 aliphatic heterocycles. The number of hydrogen-bond donors (Lipinski definition) is 1. The van der Waals surface area contributed by atoms with Gasteiger partial charge in [0, 0.05) is 34.0 Å². The van der Waals surface area contributed by atoms with Crippen molar-refractivity contribution < 1.29 is 18.7 Å². The first-order chi connectivity index (χ1) is 14.3. The smallest absolute Gasteiger partial charge is 0.350 e. The van der Waals surface area contributed by atoms with Gasteiger partial charge in [-0.05, 0) is 63.2 Å². The molecule has 0 unspecified atom stereocenters. The Morgan fingerprint density at radius 2 is 1.90 bits per heavy atom. The van der Waals surface area contributed by atoms with Crippen molar-refractivity contribution in [2.75, 3.05) is 23.4 Å². The highest BCUT2D eigenvalue weighted by Crippen LogP contribution is 2.36. The molecule has 0 aliphatic carbocycles. The molecule has 0 atom stereocenters. The first-order valence-corrected chi connectivity index (χ1v) is 10.7. The summed E-state index contributed by atoms with van der Waals surface area (Å²) in [6, 6.07) is 11.9. The Labute approximate surface area is 183 Å². The average Bonchev–Trinajstić information content (AvgIpc) is 3.03. The van der Waals surface area contributed by atoms with Crippen molar-refractivity contribution in [1.82, 2.24) is 0 Å². The Morgan fingerprint density at radius 1 is 1.20 bits per heavy atom. The Balaban J connectivity index is 1.59. The van der Waals surface area contributed by atoms with Gasteiger partial charge in [0.25, 0.3) is 5.91 Å². The first kappa shape index (κ1) is 22.1. The number of nitrogens with one attached hydrogen (secondary N) is 1. The molecule has 1 amide bonds. The summed E-state index contributed by atoms with van der Waals surface area (Å²) in [7, 11) is 0. The van der Waals surface area contributed by atoms with Gasteiger partial charge in [0.05, 0.1) is 5.02 Å². The number of halogens is 2. The molecule has 0 saturated carbocycles. The minimum atomic E-state index is -0.720. The normalized spacial score (nSPS) is 11.0. The summed E-state index contributed by atoms with van der Waals surface area (Å²) in [5.41, 5.74) is 1.67. The van der Waals surface area contributed by atoms with Crippen molar-refractivity contribution >= 4 is 56.3 Å². The van der Waals surface area contributed by atoms with Crippen LogP contribution in [0.4, 0.5) is 15.8 Å². The predicted octanol–water partition coefficient (Wildman–Crippen LogP) is 5.72. The molecule has 158 valence electrons. The van der Waals surface area contributed by atoms with E-state index in [1.165, 1.54) is 18.2 Å². The second-order valence-corrected chi connectivity index (χ2v) is 8.37. The van der Waals surface area contributed by atoms with Gasteiger partial charge in [-0.1, -0.05) is 11.6 Å². The van der Waals surface area contributed by atoms with E-state index < -0.39 is 24.3 Å². The summed E-state index contributed by atoms with van der Waals surface area (Å²) in [6.45, 7) is 6.75. The van der Waals surface area contributed by atoms with Crippen LogP contribution in [0.5, 0.6) is 0 Å². The van der Waals surface area contributed by atoms with E-state index in [0.29, 0.717) is 21.8 Å². The monoisotopic (exact) mass is 448 g/mol. The molecule has 3 aromatic rings. The van der Waals surface area contributed by atoms with Crippen molar-refractivity contribution in [3.8, 4) is 0 Å². The number of fused-ring (bicyclic) bond motifs is 1. The fourth-order valence-corrected chi connectivity index (χ4v) is 4.57. The molecule has 0 radical (unpaired) electrons. The summed E-state index contributed by atoms with van der Waals surface area (Å²) in [5, 5.41) is 3.46. The lowest BCUT2D eigenvalue weighted by Crippen LogP contribution is -2.30. The molecule has 0 fully saturated rings. The van der Waals surface area contributed by atoms with E-state index in [0.717, 1.165) is 23.6 Å². The first-order valence-electron chi connectivity index (χ1n) is 9.51. The summed E-state index contributed by atoms with van der Waals surface area (Å²) in [4.78, 5) is 26.8. The van der Waals surface area contributed by atoms with Crippen molar-refractivity contribution in [3.05, 3.63) is 58.2 Å². The number of thiophene rings is 1. The molecule has 30 heavy (non-hydrogen) atoms. The lowest BCUT2D eigenvalue weighted by atomic mass is 10.2. The molecular weight excluding hydrogens is 427 g/mol. The zero-order chi connectivity index (χ0) is 21.8. The van der Waals surface area contributed by atoms with Crippen LogP contribution >= 0.6 is 22.9 Å². The molecule has 1 heterocycles. The fourth-order valence-electron chi connectivity index (χ4n) is 3.15. The van der Waals surface area contributed by atoms with Crippen LogP contribution < -0.4 is 10.2 Å². The van der Waals surface area contributed by atoms with Crippen LogP contribution in [-0.2, 0) is 9.53 Å². The number of ether oxygens (including phenoxy) is 1. The van der Waals surface area contributed by atoms with Crippen LogP contribution in [0.15, 0.2) is 42.5 Å². The maximum absolute atomic E-state index is 13.4. The van der Waals surface area contributed by atoms with Crippen molar-refractivity contribution in [1.29, 1.82) is 0 Å². The predicted molar refractivity (Wildman–Crippen MR) is 120 cm³/mol. The number of carbonyl (C=O) groups is 2. The second kappa shape index (κ2) is 9.45. The highest BCUT2D eigenvalue weighted by Gasteiger charge is 2.20. The van der Waals surface area contributed by atoms with Gasteiger partial charge >= 0.3 is 5.97 Å². The van der Waals surface area contributed by atoms with Crippen molar-refractivity contribution in [2.24, 2.45) is 0 Å². The van der Waals surface area contributed by atoms with Gasteiger partial charge in [0.15, 0.2) is 6.61 Å². The molecule has 0 saturated heterocycles. The van der Waals surface area contributed by atoms with E-state index in [9.17, 15) is 14.0 Å². The van der Waals surface area contributed by atoms with Gasteiger partial charge in [-0.15, -0.1) is 11.3 Å². The number of carbonyl (C=O) groups excluding carboxylic acids is 2. The topological polar surface area (TPSA) is 58.6 Å². The molecule has 1 N–H and O–H groups in total. The zero-order valence-electron chi connectivity index (χ0n) is 16.9. The Morgan fingerprint density at radius 3 is 2.53 bits per heavy atom. The van der Waals surface area contributed by atoms with E-state index in [1.807, 2.05) is 12.1 Å². The average molecular weight is 449 g/mol. The van der Waals surface area contributed by atoms with Gasteiger partial charge in [0.1, 0.15) is 10.7 Å². The van der Waals surface area contributed by atoms with E-state index >= 15 is 0 Å². The lowest BCUT2D eigenvalue weighted by molar-refractivity contribution is -0.119. The number of hydrogen-bond acceptors (Lipinski definition) is 5. The van der Waals surface area contributed by atoms with Gasteiger partial charge in [-0.25, -0.2) is 9.18 Å². The second-order valence-electron chi connectivity index (χ2n) is 6.94. The summed E-state index contributed by atoms with van der Waals surface area (Å²) in [6.07, 6.45) is 0. The zero-order valence-corrected chi connectivity index (χ0v) is 18.4. The Kier molecular flexibility index (Phi) is 6.95. The van der Waals surface area contributed by atoms with E-state index in [2.05, 4.69) is 31.0 Å². The molecule has 0 bridgehead atoms. The van der Waals surface area contributed by atoms with Gasteiger partial charge in [-0.3, -0.25) is 4.79 Å². The van der Waals surface area contributed by atoms with E-state index in [1.54, 1.807) is 12.1 Å². The molecule has 0 spiro atoms. The van der Waals surface area contributed by atoms with Crippen molar-refractivity contribution in [3.63, 3.8) is 0 Å². The molecule has 3 rings (SSSR count). The summed E-state index contributed by atoms with van der Waals surface area (Å²) in [5.74, 6) is -1.60. The summed E-state index contributed by atoms with van der Waals surface area (Å²) < 4.78 is 19.0. The number of rotatable bonds is 7. The van der Waals surface area contributed by atoms with Crippen LogP contribution in [0.2, 0.25) is 5.02 Å². The highest BCUT2D eigenvalue weighted by molar-refractivity contribution is 7.21. The Bertz CT molecular complexity index is 1070. The third kappa shape index (κ3) is 4.91. The molecule has 8 heteroatoms. The molecule has 1 aromatic heterocycles. The third-order valence-electron chi connectivity index (χ3n) is 4.56. The largest absolute Gasteiger partial charge is 0.451 e. The fraction of sp³-hybridized carbons (Fsp3) is 0.273. The van der Waals surface area contributed by atoms with Gasteiger partial charge < -0.3 is 15.0 Å². The van der Waals surface area contributed by atoms with Crippen LogP contribution in [0, 0.1) is 5.82 Å². The highest BCUT2D eigenvalue weighted by atomic mass is 35.5. The number of amides is 1. The van der Waals surface area contributed by atoms with Crippen LogP contribution in [0.3, 0.4) is 0 Å². The molecular formula is C22H22ClFN2O3S. The molecule has 0 aliphatic rings. The van der Waals surface area contributed by atoms with E-state index in [4.69, 9.17) is 16.3 Å². The number of benzene rings is 2. The quantitative estimate of drug-likeness (QED) is 0.469. The Hall–Kier alpha value is -2.64.